The minimum Gasteiger partial charge on any atom is -0.315 e. The zero-order valence-electron chi connectivity index (χ0n) is 12.6. The molecule has 1 N–H and O–H groups in total. The molecule has 0 spiro atoms. The molecule has 10 heteroatoms. The van der Waals surface area contributed by atoms with Gasteiger partial charge in [0.05, 0.1) is 12.1 Å². The summed E-state index contributed by atoms with van der Waals surface area (Å²) < 4.78 is 0. The number of carbonyl (C=O) groups excluding carboxylic acids is 4. The number of urea groups is 1. The number of rotatable bonds is 5. The van der Waals surface area contributed by atoms with E-state index in [0.29, 0.717) is 9.90 Å². The van der Waals surface area contributed by atoms with Crippen molar-refractivity contribution >= 4 is 51.4 Å². The zero-order valence-corrected chi connectivity index (χ0v) is 14.2. The van der Waals surface area contributed by atoms with Gasteiger partial charge in [-0.3, -0.25) is 19.3 Å². The largest absolute Gasteiger partial charge is 0.335 e. The fraction of sp³-hybridized carbons (Fsp3) is 0.133. The Morgan fingerprint density at radius 3 is 2.56 bits per heavy atom. The Morgan fingerprint density at radius 2 is 1.88 bits per heavy atom. The normalized spacial score (nSPS) is 14.1. The lowest BCUT2D eigenvalue weighted by Crippen LogP contribution is -2.38. The van der Waals surface area contributed by atoms with Crippen LogP contribution >= 0.6 is 22.7 Å². The van der Waals surface area contributed by atoms with Gasteiger partial charge in [-0.1, -0.05) is 6.07 Å². The van der Waals surface area contributed by atoms with Crippen molar-refractivity contribution in [1.82, 2.24) is 9.80 Å². The molecular weight excluding hydrogens is 364 g/mol. The van der Waals surface area contributed by atoms with Crippen molar-refractivity contribution in [2.45, 2.75) is 6.54 Å². The summed E-state index contributed by atoms with van der Waals surface area (Å²) in [7, 11) is 0. The molecule has 1 saturated heterocycles. The maximum absolute atomic E-state index is 12.3. The molecule has 0 saturated carbocycles. The lowest BCUT2D eigenvalue weighted by Gasteiger charge is -2.14. The average Bonchev–Trinajstić information content (AvgIpc) is 3.30. The Kier molecular flexibility index (Phi) is 4.60. The van der Waals surface area contributed by atoms with E-state index in [9.17, 15) is 19.2 Å². The second kappa shape index (κ2) is 6.84. The van der Waals surface area contributed by atoms with Crippen molar-refractivity contribution in [2.24, 2.45) is 0 Å². The van der Waals surface area contributed by atoms with Crippen LogP contribution < -0.4 is 5.32 Å². The van der Waals surface area contributed by atoms with E-state index in [0.717, 1.165) is 21.1 Å². The predicted octanol–water partition coefficient (Wildman–Crippen LogP) is 1.61. The second-order valence-corrected chi connectivity index (χ2v) is 6.92. The molecule has 0 unspecified atom stereocenters. The summed E-state index contributed by atoms with van der Waals surface area (Å²) in [4.78, 5) is 50.5. The minimum atomic E-state index is -1.04. The van der Waals surface area contributed by atoms with Crippen molar-refractivity contribution in [2.75, 3.05) is 11.9 Å². The first-order valence-electron chi connectivity index (χ1n) is 6.98. The minimum absolute atomic E-state index is 0.0112. The van der Waals surface area contributed by atoms with Crippen LogP contribution in [0.4, 0.5) is 9.80 Å². The number of nitrogens with one attached hydrogen (secondary N) is 1. The van der Waals surface area contributed by atoms with Crippen molar-refractivity contribution < 1.29 is 19.2 Å². The Balaban J connectivity index is 1.69. The smallest absolute Gasteiger partial charge is 0.315 e. The van der Waals surface area contributed by atoms with Crippen LogP contribution in [0.2, 0.25) is 0 Å². The maximum Gasteiger partial charge on any atom is 0.335 e. The van der Waals surface area contributed by atoms with Gasteiger partial charge in [-0.25, -0.2) is 9.69 Å². The highest BCUT2D eigenvalue weighted by Gasteiger charge is 2.45. The highest BCUT2D eigenvalue weighted by molar-refractivity contribution is 7.14. The number of thiophene rings is 2. The number of anilines is 1. The third-order valence-electron chi connectivity index (χ3n) is 3.37. The molecule has 0 radical (unpaired) electrons. The SMILES string of the molecule is N#Cc1ccsc1NC(=O)CN1C(=O)C(=O)N(Cc2cccs2)C1=O. The van der Waals surface area contributed by atoms with Crippen LogP contribution in [0.1, 0.15) is 10.4 Å². The first kappa shape index (κ1) is 16.8. The molecule has 2 aromatic rings. The predicted molar refractivity (Wildman–Crippen MR) is 89.6 cm³/mol. The molecule has 5 amide bonds. The Bertz CT molecular complexity index is 897. The molecule has 0 atom stereocenters. The molecule has 0 aromatic carbocycles. The number of amides is 5. The summed E-state index contributed by atoms with van der Waals surface area (Å²) in [5, 5.41) is 15.1. The third-order valence-corrected chi connectivity index (χ3v) is 5.06. The summed E-state index contributed by atoms with van der Waals surface area (Å²) >= 11 is 2.50. The zero-order chi connectivity index (χ0) is 18.0. The van der Waals surface area contributed by atoms with Gasteiger partial charge in [0.1, 0.15) is 17.6 Å². The molecule has 1 aliphatic rings. The van der Waals surface area contributed by atoms with Crippen LogP contribution in [0.3, 0.4) is 0 Å². The maximum atomic E-state index is 12.3. The molecule has 3 rings (SSSR count). The molecule has 126 valence electrons. The van der Waals surface area contributed by atoms with Gasteiger partial charge < -0.3 is 5.32 Å². The molecular formula is C15H10N4O4S2. The van der Waals surface area contributed by atoms with Gasteiger partial charge in [0, 0.05) is 4.88 Å². The van der Waals surface area contributed by atoms with E-state index < -0.39 is 30.3 Å². The van der Waals surface area contributed by atoms with Crippen LogP contribution in [-0.4, -0.2) is 40.1 Å². The van der Waals surface area contributed by atoms with E-state index in [1.165, 1.54) is 11.3 Å². The van der Waals surface area contributed by atoms with Gasteiger partial charge in [-0.2, -0.15) is 5.26 Å². The summed E-state index contributed by atoms with van der Waals surface area (Å²) in [6, 6.07) is 6.14. The molecule has 0 bridgehead atoms. The Morgan fingerprint density at radius 1 is 1.12 bits per heavy atom. The van der Waals surface area contributed by atoms with Crippen LogP contribution in [0, 0.1) is 11.3 Å². The number of imide groups is 2. The van der Waals surface area contributed by atoms with Gasteiger partial charge >= 0.3 is 17.8 Å². The number of carbonyl (C=O) groups is 4. The summed E-state index contributed by atoms with van der Waals surface area (Å²) in [5.41, 5.74) is 0.285. The number of hydrogen-bond acceptors (Lipinski definition) is 7. The first-order chi connectivity index (χ1) is 12.0. The Labute approximate surface area is 149 Å². The van der Waals surface area contributed by atoms with Crippen LogP contribution in [0.5, 0.6) is 0 Å². The summed E-state index contributed by atoms with van der Waals surface area (Å²) in [6.45, 7) is -0.601. The molecule has 2 aromatic heterocycles. The van der Waals surface area contributed by atoms with Gasteiger partial charge in [0.15, 0.2) is 0 Å². The number of nitriles is 1. The van der Waals surface area contributed by atoms with Gasteiger partial charge in [0.2, 0.25) is 5.91 Å². The second-order valence-electron chi connectivity index (χ2n) is 4.97. The fourth-order valence-electron chi connectivity index (χ4n) is 2.19. The van der Waals surface area contributed by atoms with Crippen LogP contribution in [0.15, 0.2) is 29.0 Å². The number of nitrogens with zero attached hydrogens (tertiary/aromatic N) is 3. The van der Waals surface area contributed by atoms with Gasteiger partial charge in [-0.05, 0) is 22.9 Å². The quantitative estimate of drug-likeness (QED) is 0.631. The first-order valence-corrected chi connectivity index (χ1v) is 8.74. The van der Waals surface area contributed by atoms with Gasteiger partial charge in [-0.15, -0.1) is 22.7 Å². The van der Waals surface area contributed by atoms with Crippen molar-refractivity contribution in [3.05, 3.63) is 39.4 Å². The van der Waals surface area contributed by atoms with E-state index >= 15 is 0 Å². The molecule has 3 heterocycles. The van der Waals surface area contributed by atoms with E-state index in [2.05, 4.69) is 5.32 Å². The monoisotopic (exact) mass is 374 g/mol. The lowest BCUT2D eigenvalue weighted by atomic mass is 10.3. The van der Waals surface area contributed by atoms with Gasteiger partial charge in [0.25, 0.3) is 0 Å². The number of hydrogen-bond donors (Lipinski definition) is 1. The van der Waals surface area contributed by atoms with Crippen molar-refractivity contribution in [3.8, 4) is 6.07 Å². The van der Waals surface area contributed by atoms with E-state index in [1.54, 1.807) is 29.0 Å². The molecule has 25 heavy (non-hydrogen) atoms. The highest BCUT2D eigenvalue weighted by Crippen LogP contribution is 2.23. The molecule has 1 aliphatic heterocycles. The molecule has 1 fully saturated rings. The van der Waals surface area contributed by atoms with E-state index in [4.69, 9.17) is 5.26 Å². The summed E-state index contributed by atoms with van der Waals surface area (Å²) in [6.07, 6.45) is 0. The average molecular weight is 374 g/mol. The van der Waals surface area contributed by atoms with Crippen molar-refractivity contribution in [3.63, 3.8) is 0 Å². The van der Waals surface area contributed by atoms with E-state index in [-0.39, 0.29) is 12.1 Å². The highest BCUT2D eigenvalue weighted by atomic mass is 32.1. The molecule has 8 nitrogen and oxygen atoms in total. The molecule has 0 aliphatic carbocycles. The summed E-state index contributed by atoms with van der Waals surface area (Å²) in [5.74, 6) is -2.66. The topological polar surface area (TPSA) is 111 Å². The fourth-order valence-corrected chi connectivity index (χ4v) is 3.64. The lowest BCUT2D eigenvalue weighted by molar-refractivity contribution is -0.143. The van der Waals surface area contributed by atoms with Crippen molar-refractivity contribution in [1.29, 1.82) is 5.26 Å². The van der Waals surface area contributed by atoms with Crippen LogP contribution in [0.25, 0.3) is 0 Å². The standard InChI is InChI=1S/C15H10N4O4S2/c16-6-9-3-5-25-12(9)17-11(20)8-19-14(22)13(21)18(15(19)23)7-10-2-1-4-24-10/h1-5H,7-8H2,(H,17,20). The third kappa shape index (κ3) is 3.28. The van der Waals surface area contributed by atoms with Crippen LogP contribution in [-0.2, 0) is 20.9 Å². The Hall–Kier alpha value is -3.03. The van der Waals surface area contributed by atoms with E-state index in [1.807, 2.05) is 6.07 Å².